The van der Waals surface area contributed by atoms with E-state index in [0.29, 0.717) is 13.1 Å². The van der Waals surface area contributed by atoms with E-state index in [2.05, 4.69) is 45.6 Å². The number of hydrogen-bond acceptors (Lipinski definition) is 2. The van der Waals surface area contributed by atoms with E-state index < -0.39 is 0 Å². The zero-order chi connectivity index (χ0) is 15.2. The minimum absolute atomic E-state index is 0.0333. The maximum absolute atomic E-state index is 11.9. The van der Waals surface area contributed by atoms with Gasteiger partial charge in [0.05, 0.1) is 6.54 Å². The van der Waals surface area contributed by atoms with Gasteiger partial charge >= 0.3 is 0 Å². The van der Waals surface area contributed by atoms with Gasteiger partial charge in [0.25, 0.3) is 0 Å². The van der Waals surface area contributed by atoms with Crippen LogP contribution in [0, 0.1) is 13.8 Å². The van der Waals surface area contributed by atoms with Gasteiger partial charge in [-0.05, 0) is 48.7 Å². The van der Waals surface area contributed by atoms with E-state index in [-0.39, 0.29) is 5.91 Å². The van der Waals surface area contributed by atoms with Crippen molar-refractivity contribution < 1.29 is 4.79 Å². The highest BCUT2D eigenvalue weighted by atomic mass is 79.9. The molecule has 2 aromatic carbocycles. The molecule has 110 valence electrons. The van der Waals surface area contributed by atoms with Gasteiger partial charge in [0.15, 0.2) is 0 Å². The van der Waals surface area contributed by atoms with Crippen LogP contribution in [0.4, 0.5) is 5.69 Å². The maximum Gasteiger partial charge on any atom is 0.238 e. The van der Waals surface area contributed by atoms with Crippen LogP contribution in [0.15, 0.2) is 46.9 Å². The Morgan fingerprint density at radius 1 is 1.10 bits per heavy atom. The number of benzene rings is 2. The Morgan fingerprint density at radius 2 is 1.86 bits per heavy atom. The third-order valence-electron chi connectivity index (χ3n) is 3.32. The number of amides is 1. The van der Waals surface area contributed by atoms with Crippen molar-refractivity contribution in [1.82, 2.24) is 5.32 Å². The van der Waals surface area contributed by atoms with Gasteiger partial charge in [0.1, 0.15) is 0 Å². The van der Waals surface area contributed by atoms with Crippen LogP contribution in [0.3, 0.4) is 0 Å². The average molecular weight is 347 g/mol. The van der Waals surface area contributed by atoms with Crippen LogP contribution >= 0.6 is 15.9 Å². The molecule has 2 N–H and O–H groups in total. The Bertz CT molecular complexity index is 640. The molecule has 0 aromatic heterocycles. The van der Waals surface area contributed by atoms with E-state index in [1.54, 1.807) is 0 Å². The molecular formula is C17H19BrN2O. The number of carbonyl (C=O) groups is 1. The molecule has 0 saturated carbocycles. The van der Waals surface area contributed by atoms with Crippen molar-refractivity contribution in [2.24, 2.45) is 0 Å². The van der Waals surface area contributed by atoms with Crippen molar-refractivity contribution >= 4 is 27.5 Å². The topological polar surface area (TPSA) is 41.1 Å². The molecule has 0 saturated heterocycles. The molecule has 3 nitrogen and oxygen atoms in total. The normalized spacial score (nSPS) is 10.4. The number of halogens is 1. The second-order valence-corrected chi connectivity index (χ2v) is 5.95. The molecule has 1 amide bonds. The molecule has 0 bridgehead atoms. The molecule has 0 heterocycles. The van der Waals surface area contributed by atoms with Crippen LogP contribution in [0.25, 0.3) is 0 Å². The van der Waals surface area contributed by atoms with Crippen molar-refractivity contribution in [1.29, 1.82) is 0 Å². The van der Waals surface area contributed by atoms with E-state index in [0.717, 1.165) is 15.7 Å². The van der Waals surface area contributed by atoms with Crippen LogP contribution in [-0.2, 0) is 11.3 Å². The lowest BCUT2D eigenvalue weighted by Crippen LogP contribution is -2.28. The zero-order valence-corrected chi connectivity index (χ0v) is 13.8. The summed E-state index contributed by atoms with van der Waals surface area (Å²) in [6.45, 7) is 5.03. The van der Waals surface area contributed by atoms with Crippen molar-refractivity contribution in [2.75, 3.05) is 11.9 Å². The van der Waals surface area contributed by atoms with Gasteiger partial charge < -0.3 is 10.6 Å². The fraction of sp³-hybridized carbons (Fsp3) is 0.235. The maximum atomic E-state index is 11.9. The van der Waals surface area contributed by atoms with E-state index in [4.69, 9.17) is 0 Å². The van der Waals surface area contributed by atoms with Crippen LogP contribution < -0.4 is 10.6 Å². The van der Waals surface area contributed by atoms with Gasteiger partial charge in [0.2, 0.25) is 5.91 Å². The lowest BCUT2D eigenvalue weighted by Gasteiger charge is -2.10. The first-order chi connectivity index (χ1) is 10.1. The second kappa shape index (κ2) is 7.38. The Labute approximate surface area is 133 Å². The van der Waals surface area contributed by atoms with E-state index >= 15 is 0 Å². The summed E-state index contributed by atoms with van der Waals surface area (Å²) >= 11 is 3.41. The molecule has 4 heteroatoms. The molecule has 0 aliphatic rings. The minimum atomic E-state index is -0.0333. The summed E-state index contributed by atoms with van der Waals surface area (Å²) in [4.78, 5) is 11.9. The number of carbonyl (C=O) groups excluding carboxylic acids is 1. The summed E-state index contributed by atoms with van der Waals surface area (Å²) < 4.78 is 1.01. The minimum Gasteiger partial charge on any atom is -0.325 e. The Balaban J connectivity index is 1.84. The van der Waals surface area contributed by atoms with Crippen molar-refractivity contribution in [2.45, 2.75) is 20.4 Å². The summed E-state index contributed by atoms with van der Waals surface area (Å²) in [6.07, 6.45) is 0. The SMILES string of the molecule is Cc1ccccc1CNCC(=O)Nc1ccc(Br)cc1C. The molecule has 0 radical (unpaired) electrons. The number of aryl methyl sites for hydroxylation is 2. The predicted molar refractivity (Wildman–Crippen MR) is 90.4 cm³/mol. The molecule has 2 rings (SSSR count). The van der Waals surface area contributed by atoms with E-state index in [1.807, 2.05) is 37.3 Å². The van der Waals surface area contributed by atoms with Crippen LogP contribution in [0.5, 0.6) is 0 Å². The Kier molecular flexibility index (Phi) is 5.53. The molecular weight excluding hydrogens is 328 g/mol. The van der Waals surface area contributed by atoms with Crippen LogP contribution in [0.1, 0.15) is 16.7 Å². The number of hydrogen-bond donors (Lipinski definition) is 2. The highest BCUT2D eigenvalue weighted by molar-refractivity contribution is 9.10. The van der Waals surface area contributed by atoms with Gasteiger partial charge in [0, 0.05) is 16.7 Å². The van der Waals surface area contributed by atoms with Crippen molar-refractivity contribution in [3.8, 4) is 0 Å². The smallest absolute Gasteiger partial charge is 0.238 e. The van der Waals surface area contributed by atoms with E-state index in [1.165, 1.54) is 11.1 Å². The molecule has 0 aliphatic heterocycles. The first-order valence-corrected chi connectivity index (χ1v) is 7.67. The van der Waals surface area contributed by atoms with Crippen LogP contribution in [0.2, 0.25) is 0 Å². The third-order valence-corrected chi connectivity index (χ3v) is 3.82. The predicted octanol–water partition coefficient (Wildman–Crippen LogP) is 3.79. The third kappa shape index (κ3) is 4.69. The summed E-state index contributed by atoms with van der Waals surface area (Å²) in [5.41, 5.74) is 4.33. The quantitative estimate of drug-likeness (QED) is 0.864. The molecule has 0 fully saturated rings. The Hall–Kier alpha value is -1.65. The van der Waals surface area contributed by atoms with Gasteiger partial charge in [-0.2, -0.15) is 0 Å². The fourth-order valence-corrected chi connectivity index (χ4v) is 2.56. The van der Waals surface area contributed by atoms with E-state index in [9.17, 15) is 4.79 Å². The molecule has 0 unspecified atom stereocenters. The fourth-order valence-electron chi connectivity index (χ4n) is 2.08. The first-order valence-electron chi connectivity index (χ1n) is 6.87. The van der Waals surface area contributed by atoms with Crippen LogP contribution in [-0.4, -0.2) is 12.5 Å². The van der Waals surface area contributed by atoms with Crippen molar-refractivity contribution in [3.05, 3.63) is 63.6 Å². The highest BCUT2D eigenvalue weighted by Crippen LogP contribution is 2.19. The summed E-state index contributed by atoms with van der Waals surface area (Å²) in [5.74, 6) is -0.0333. The number of anilines is 1. The monoisotopic (exact) mass is 346 g/mol. The lowest BCUT2D eigenvalue weighted by atomic mass is 10.1. The molecule has 21 heavy (non-hydrogen) atoms. The zero-order valence-electron chi connectivity index (χ0n) is 12.2. The summed E-state index contributed by atoms with van der Waals surface area (Å²) in [6, 6.07) is 14.0. The molecule has 0 atom stereocenters. The highest BCUT2D eigenvalue weighted by Gasteiger charge is 2.05. The molecule has 2 aromatic rings. The first kappa shape index (κ1) is 15.7. The Morgan fingerprint density at radius 3 is 2.57 bits per heavy atom. The van der Waals surface area contributed by atoms with Gasteiger partial charge in [-0.25, -0.2) is 0 Å². The molecule has 0 aliphatic carbocycles. The number of rotatable bonds is 5. The van der Waals surface area contributed by atoms with Gasteiger partial charge in [-0.3, -0.25) is 4.79 Å². The summed E-state index contributed by atoms with van der Waals surface area (Å²) in [7, 11) is 0. The lowest BCUT2D eigenvalue weighted by molar-refractivity contribution is -0.115. The standard InChI is InChI=1S/C17H19BrN2O/c1-12-5-3-4-6-14(12)10-19-11-17(21)20-16-8-7-15(18)9-13(16)2/h3-9,19H,10-11H2,1-2H3,(H,20,21). The van der Waals surface area contributed by atoms with Gasteiger partial charge in [-0.15, -0.1) is 0 Å². The largest absolute Gasteiger partial charge is 0.325 e. The second-order valence-electron chi connectivity index (χ2n) is 5.04. The number of nitrogens with one attached hydrogen (secondary N) is 2. The molecule has 0 spiro atoms. The van der Waals surface area contributed by atoms with Crippen molar-refractivity contribution in [3.63, 3.8) is 0 Å². The average Bonchev–Trinajstić information content (AvgIpc) is 2.44. The summed E-state index contributed by atoms with van der Waals surface area (Å²) in [5, 5.41) is 6.09. The van der Waals surface area contributed by atoms with Gasteiger partial charge in [-0.1, -0.05) is 40.2 Å².